The molecule has 10 heteroatoms. The average molecular weight is 555 g/mol. The molecule has 1 aromatic rings. The highest BCUT2D eigenvalue weighted by Gasteiger charge is 2.60. The van der Waals surface area contributed by atoms with E-state index >= 15 is 4.39 Å². The fourth-order valence-corrected chi connectivity index (χ4v) is 8.09. The predicted octanol–water partition coefficient (Wildman–Crippen LogP) is 2.97. The minimum Gasteiger partial charge on any atom is -0.508 e. The van der Waals surface area contributed by atoms with Crippen molar-refractivity contribution in [1.82, 2.24) is 4.90 Å². The lowest BCUT2D eigenvalue weighted by Crippen LogP contribution is -2.58. The number of phenolic OH excluding ortho intramolecular Hbond substituents is 1. The standard InChI is InChI=1S/C30H35FN2O7/c31-25-17(13-33-7-5-15(6-8-33)14-3-1-2-4-14)11-20(34)23-19(25)10-16-9-18-12-21(35)24(29(32)39)28(38)30(18,40)27(37)22(16)26(23)36/h11,14-16,18,34,36,38,40H,1-10,12-13H2,(H2,32,39)/t16?,18-,30-/m0/s1. The molecular weight excluding hydrogens is 519 g/mol. The van der Waals surface area contributed by atoms with E-state index in [0.717, 1.165) is 31.8 Å². The fourth-order valence-electron chi connectivity index (χ4n) is 8.09. The zero-order valence-corrected chi connectivity index (χ0v) is 22.3. The highest BCUT2D eigenvalue weighted by atomic mass is 19.1. The quantitative estimate of drug-likeness (QED) is 0.355. The van der Waals surface area contributed by atoms with Gasteiger partial charge in [0.1, 0.15) is 28.7 Å². The normalized spacial score (nSPS) is 29.9. The van der Waals surface area contributed by atoms with E-state index in [1.165, 1.54) is 31.7 Å². The van der Waals surface area contributed by atoms with E-state index in [0.29, 0.717) is 18.0 Å². The van der Waals surface area contributed by atoms with E-state index in [2.05, 4.69) is 4.90 Å². The summed E-state index contributed by atoms with van der Waals surface area (Å²) in [6.07, 6.45) is 6.89. The SMILES string of the molecule is NC(=O)C1=C(O)[C@@]2(O)C(=O)C3=C(O)c4c(O)cc(CN5CCC(C6CCCC6)CC5)c(F)c4CC3C[C@H]2CC1=O. The molecule has 6 N–H and O–H groups in total. The van der Waals surface area contributed by atoms with Gasteiger partial charge in [-0.05, 0) is 62.6 Å². The zero-order valence-electron chi connectivity index (χ0n) is 22.3. The third-order valence-electron chi connectivity index (χ3n) is 10.2. The number of halogens is 1. The van der Waals surface area contributed by atoms with E-state index in [4.69, 9.17) is 5.73 Å². The second-order valence-corrected chi connectivity index (χ2v) is 12.3. The van der Waals surface area contributed by atoms with Gasteiger partial charge in [-0.15, -0.1) is 0 Å². The fraction of sp³-hybridized carbons (Fsp3) is 0.567. The molecule has 3 fully saturated rings. The summed E-state index contributed by atoms with van der Waals surface area (Å²) < 4.78 is 16.0. The van der Waals surface area contributed by atoms with Crippen LogP contribution in [0.25, 0.3) is 5.76 Å². The maximum atomic E-state index is 16.0. The van der Waals surface area contributed by atoms with Gasteiger partial charge in [-0.3, -0.25) is 19.3 Å². The third-order valence-corrected chi connectivity index (χ3v) is 10.2. The van der Waals surface area contributed by atoms with Gasteiger partial charge in [0.05, 0.1) is 5.56 Å². The zero-order chi connectivity index (χ0) is 28.5. The number of ketones is 2. The van der Waals surface area contributed by atoms with E-state index in [9.17, 15) is 34.8 Å². The Hall–Kier alpha value is -3.24. The molecule has 3 atom stereocenters. The third kappa shape index (κ3) is 3.98. The number of aliphatic hydroxyl groups is 3. The molecule has 1 saturated heterocycles. The smallest absolute Gasteiger partial charge is 0.255 e. The number of aliphatic hydroxyl groups excluding tert-OH is 2. The molecule has 1 aromatic carbocycles. The molecule has 0 radical (unpaired) electrons. The van der Waals surface area contributed by atoms with Crippen molar-refractivity contribution in [2.24, 2.45) is 29.4 Å². The summed E-state index contributed by atoms with van der Waals surface area (Å²) in [7, 11) is 0. The van der Waals surface area contributed by atoms with Gasteiger partial charge in [-0.2, -0.15) is 0 Å². The maximum Gasteiger partial charge on any atom is 0.255 e. The molecule has 5 aliphatic rings. The van der Waals surface area contributed by atoms with Gasteiger partial charge in [0.2, 0.25) is 5.78 Å². The van der Waals surface area contributed by atoms with Crippen LogP contribution >= 0.6 is 0 Å². The number of nitrogens with two attached hydrogens (primary N) is 1. The summed E-state index contributed by atoms with van der Waals surface area (Å²) in [6.45, 7) is 2.02. The van der Waals surface area contributed by atoms with Crippen LogP contribution in [0.5, 0.6) is 5.75 Å². The van der Waals surface area contributed by atoms with E-state index < -0.39 is 64.2 Å². The van der Waals surface area contributed by atoms with Crippen LogP contribution in [0.1, 0.15) is 68.1 Å². The van der Waals surface area contributed by atoms with Gasteiger partial charge in [0.25, 0.3) is 5.91 Å². The summed E-state index contributed by atoms with van der Waals surface area (Å²) in [6, 6.07) is 1.28. The lowest BCUT2D eigenvalue weighted by Gasteiger charge is -2.46. The van der Waals surface area contributed by atoms with E-state index in [-0.39, 0.29) is 35.3 Å². The summed E-state index contributed by atoms with van der Waals surface area (Å²) in [5, 5.41) is 44.0. The topological polar surface area (TPSA) is 161 Å². The van der Waals surface area contributed by atoms with Crippen LogP contribution in [0.2, 0.25) is 0 Å². The first-order valence-corrected chi connectivity index (χ1v) is 14.2. The van der Waals surface area contributed by atoms with Crippen LogP contribution in [-0.2, 0) is 27.3 Å². The number of nitrogens with zero attached hydrogens (tertiary/aromatic N) is 1. The van der Waals surface area contributed by atoms with Crippen molar-refractivity contribution in [3.63, 3.8) is 0 Å². The Morgan fingerprint density at radius 3 is 2.35 bits per heavy atom. The second kappa shape index (κ2) is 9.69. The van der Waals surface area contributed by atoms with E-state index in [1.807, 2.05) is 0 Å². The maximum absolute atomic E-state index is 16.0. The monoisotopic (exact) mass is 554 g/mol. The molecule has 2 saturated carbocycles. The summed E-state index contributed by atoms with van der Waals surface area (Å²) >= 11 is 0. The number of phenols is 1. The van der Waals surface area contributed by atoms with Gasteiger partial charge in [0.15, 0.2) is 11.4 Å². The number of fused-ring (bicyclic) bond motifs is 3. The molecule has 214 valence electrons. The lowest BCUT2D eigenvalue weighted by atomic mass is 9.59. The van der Waals surface area contributed by atoms with Crippen LogP contribution in [0, 0.1) is 29.5 Å². The largest absolute Gasteiger partial charge is 0.508 e. The molecule has 1 aliphatic heterocycles. The molecule has 1 unspecified atom stereocenters. The number of benzene rings is 1. The van der Waals surface area contributed by atoms with E-state index in [1.54, 1.807) is 0 Å². The van der Waals surface area contributed by atoms with Crippen LogP contribution in [-0.4, -0.2) is 61.5 Å². The molecule has 0 spiro atoms. The molecule has 4 aliphatic carbocycles. The molecule has 1 amide bonds. The van der Waals surface area contributed by atoms with Gasteiger partial charge in [0, 0.05) is 35.6 Å². The first-order chi connectivity index (χ1) is 19.0. The predicted molar refractivity (Wildman–Crippen MR) is 141 cm³/mol. The number of rotatable bonds is 4. The highest BCUT2D eigenvalue weighted by Crippen LogP contribution is 2.52. The van der Waals surface area contributed by atoms with Gasteiger partial charge >= 0.3 is 0 Å². The Morgan fingerprint density at radius 1 is 1.05 bits per heavy atom. The Kier molecular flexibility index (Phi) is 6.53. The molecule has 6 rings (SSSR count). The number of piperidine rings is 1. The number of amides is 1. The molecule has 9 nitrogen and oxygen atoms in total. The van der Waals surface area contributed by atoms with Crippen LogP contribution in [0.15, 0.2) is 23.0 Å². The Bertz CT molecular complexity index is 1370. The van der Waals surface area contributed by atoms with Crippen molar-refractivity contribution in [2.45, 2.75) is 69.9 Å². The number of hydrogen-bond acceptors (Lipinski definition) is 8. The van der Waals surface area contributed by atoms with Crippen molar-refractivity contribution < 1.29 is 39.2 Å². The number of aromatic hydroxyl groups is 1. The second-order valence-electron chi connectivity index (χ2n) is 12.3. The first kappa shape index (κ1) is 27.0. The molecule has 0 aromatic heterocycles. The van der Waals surface area contributed by atoms with Gasteiger partial charge < -0.3 is 26.2 Å². The number of carbonyl (C=O) groups excluding carboxylic acids is 3. The van der Waals surface area contributed by atoms with Crippen LogP contribution in [0.3, 0.4) is 0 Å². The van der Waals surface area contributed by atoms with Crippen LogP contribution < -0.4 is 5.73 Å². The van der Waals surface area contributed by atoms with Crippen molar-refractivity contribution in [3.05, 3.63) is 45.5 Å². The number of hydrogen-bond donors (Lipinski definition) is 5. The summed E-state index contributed by atoms with van der Waals surface area (Å²) in [5.41, 5.74) is 1.65. The van der Waals surface area contributed by atoms with Crippen molar-refractivity contribution >= 4 is 23.2 Å². The van der Waals surface area contributed by atoms with Crippen LogP contribution in [0.4, 0.5) is 4.39 Å². The summed E-state index contributed by atoms with van der Waals surface area (Å²) in [5.74, 6) is -6.21. The van der Waals surface area contributed by atoms with Crippen molar-refractivity contribution in [2.75, 3.05) is 13.1 Å². The van der Waals surface area contributed by atoms with Gasteiger partial charge in [-0.1, -0.05) is 25.7 Å². The lowest BCUT2D eigenvalue weighted by molar-refractivity contribution is -0.147. The highest BCUT2D eigenvalue weighted by molar-refractivity contribution is 6.22. The number of Topliss-reactive ketones (excluding diaryl/α,β-unsaturated/α-hetero) is 2. The number of carbonyl (C=O) groups is 3. The minimum atomic E-state index is -2.63. The first-order valence-electron chi connectivity index (χ1n) is 14.2. The average Bonchev–Trinajstić information content (AvgIpc) is 3.44. The number of likely N-dealkylation sites (tertiary alicyclic amines) is 1. The number of primary amides is 1. The van der Waals surface area contributed by atoms with Crippen molar-refractivity contribution in [3.8, 4) is 5.75 Å². The Morgan fingerprint density at radius 2 is 1.70 bits per heavy atom. The molecular formula is C30H35FN2O7. The molecule has 40 heavy (non-hydrogen) atoms. The minimum absolute atomic E-state index is 0.0258. The van der Waals surface area contributed by atoms with Gasteiger partial charge in [-0.25, -0.2) is 4.39 Å². The van der Waals surface area contributed by atoms with Crippen molar-refractivity contribution in [1.29, 1.82) is 0 Å². The molecule has 0 bridgehead atoms. The Labute approximate surface area is 231 Å². The molecule has 1 heterocycles. The Balaban J connectivity index is 1.30. The summed E-state index contributed by atoms with van der Waals surface area (Å²) in [4.78, 5) is 40.0.